The summed E-state index contributed by atoms with van der Waals surface area (Å²) in [6.07, 6.45) is 3.86. The highest BCUT2D eigenvalue weighted by molar-refractivity contribution is 5.55. The van der Waals surface area contributed by atoms with Gasteiger partial charge in [0.25, 0.3) is 0 Å². The lowest BCUT2D eigenvalue weighted by molar-refractivity contribution is 0.367. The molecule has 6 nitrogen and oxygen atoms in total. The van der Waals surface area contributed by atoms with Gasteiger partial charge in [-0.2, -0.15) is 10.1 Å². The second-order valence-electron chi connectivity index (χ2n) is 7.69. The van der Waals surface area contributed by atoms with E-state index in [2.05, 4.69) is 60.0 Å². The molecule has 1 N–H and O–H groups in total. The molecule has 2 aromatic heterocycles. The molecule has 0 aliphatic carbocycles. The van der Waals surface area contributed by atoms with Crippen molar-refractivity contribution in [1.82, 2.24) is 25.2 Å². The first-order chi connectivity index (χ1) is 12.9. The highest BCUT2D eigenvalue weighted by Gasteiger charge is 2.14. The van der Waals surface area contributed by atoms with Crippen LogP contribution in [0.25, 0.3) is 11.4 Å². The summed E-state index contributed by atoms with van der Waals surface area (Å²) in [6.45, 7) is 14.2. The van der Waals surface area contributed by atoms with Gasteiger partial charge < -0.3 is 9.84 Å². The zero-order valence-corrected chi connectivity index (χ0v) is 16.5. The fourth-order valence-electron chi connectivity index (χ4n) is 2.83. The largest absolute Gasteiger partial charge is 0.338 e. The minimum absolute atomic E-state index is 0.127. The van der Waals surface area contributed by atoms with Gasteiger partial charge in [-0.1, -0.05) is 56.3 Å². The van der Waals surface area contributed by atoms with Crippen molar-refractivity contribution >= 4 is 0 Å². The van der Waals surface area contributed by atoms with E-state index in [4.69, 9.17) is 4.52 Å². The maximum absolute atomic E-state index is 5.37. The summed E-state index contributed by atoms with van der Waals surface area (Å²) in [4.78, 5) is 4.49. The van der Waals surface area contributed by atoms with Gasteiger partial charge in [0.1, 0.15) is 0 Å². The first kappa shape index (κ1) is 19.0. The average Bonchev–Trinajstić information content (AvgIpc) is 3.22. The van der Waals surface area contributed by atoms with Gasteiger partial charge >= 0.3 is 0 Å². The van der Waals surface area contributed by atoms with Crippen molar-refractivity contribution < 1.29 is 4.52 Å². The van der Waals surface area contributed by atoms with Crippen molar-refractivity contribution in [2.75, 3.05) is 0 Å². The monoisotopic (exact) mass is 365 g/mol. The minimum atomic E-state index is 0.127. The molecule has 0 unspecified atom stereocenters. The molecule has 0 bridgehead atoms. The van der Waals surface area contributed by atoms with E-state index in [9.17, 15) is 0 Å². The van der Waals surface area contributed by atoms with Crippen LogP contribution < -0.4 is 5.32 Å². The third-order valence-corrected chi connectivity index (χ3v) is 4.43. The molecule has 0 aliphatic heterocycles. The zero-order chi connectivity index (χ0) is 19.4. The van der Waals surface area contributed by atoms with Gasteiger partial charge in [0.05, 0.1) is 18.8 Å². The molecule has 0 radical (unpaired) electrons. The number of rotatable bonds is 7. The Labute approximate surface area is 160 Å². The molecule has 0 spiro atoms. The van der Waals surface area contributed by atoms with Crippen LogP contribution in [0.15, 0.2) is 47.6 Å². The van der Waals surface area contributed by atoms with Crippen LogP contribution in [0.4, 0.5) is 0 Å². The van der Waals surface area contributed by atoms with E-state index in [1.165, 1.54) is 5.56 Å². The lowest BCUT2D eigenvalue weighted by atomic mass is 9.87. The predicted octanol–water partition coefficient (Wildman–Crippen LogP) is 4.01. The summed E-state index contributed by atoms with van der Waals surface area (Å²) in [6, 6.07) is 8.32. The molecule has 0 amide bonds. The van der Waals surface area contributed by atoms with Gasteiger partial charge in [0.2, 0.25) is 11.7 Å². The van der Waals surface area contributed by atoms with E-state index >= 15 is 0 Å². The highest BCUT2D eigenvalue weighted by atomic mass is 16.5. The molecule has 27 heavy (non-hydrogen) atoms. The quantitative estimate of drug-likeness (QED) is 0.641. The van der Waals surface area contributed by atoms with E-state index in [0.717, 1.165) is 16.8 Å². The maximum atomic E-state index is 5.37. The highest BCUT2D eigenvalue weighted by Crippen LogP contribution is 2.24. The molecule has 0 saturated carbocycles. The SMILES string of the molecule is C=CCn1cc(CNCc2nc(-c3ccc(C(C)(C)C)cc3)no2)c(C)n1. The Hall–Kier alpha value is -2.73. The Morgan fingerprint density at radius 3 is 2.59 bits per heavy atom. The second kappa shape index (κ2) is 7.88. The van der Waals surface area contributed by atoms with Crippen molar-refractivity contribution in [3.63, 3.8) is 0 Å². The summed E-state index contributed by atoms with van der Waals surface area (Å²) >= 11 is 0. The number of aryl methyl sites for hydroxylation is 1. The summed E-state index contributed by atoms with van der Waals surface area (Å²) in [5, 5.41) is 11.9. The van der Waals surface area contributed by atoms with Crippen LogP contribution >= 0.6 is 0 Å². The normalized spacial score (nSPS) is 11.7. The van der Waals surface area contributed by atoms with Gasteiger partial charge in [-0.05, 0) is 17.9 Å². The number of hydrogen-bond donors (Lipinski definition) is 1. The van der Waals surface area contributed by atoms with Crippen LogP contribution in [0, 0.1) is 6.92 Å². The number of benzene rings is 1. The summed E-state index contributed by atoms with van der Waals surface area (Å²) in [5.74, 6) is 1.18. The Morgan fingerprint density at radius 1 is 1.19 bits per heavy atom. The molecule has 0 atom stereocenters. The predicted molar refractivity (Wildman–Crippen MR) is 106 cm³/mol. The molecule has 0 aliphatic rings. The van der Waals surface area contributed by atoms with Crippen molar-refractivity contribution in [2.24, 2.45) is 0 Å². The average molecular weight is 365 g/mol. The van der Waals surface area contributed by atoms with Crippen LogP contribution in [0.5, 0.6) is 0 Å². The van der Waals surface area contributed by atoms with Crippen molar-refractivity contribution in [3.05, 3.63) is 65.8 Å². The Balaban J connectivity index is 1.59. The molecule has 0 fully saturated rings. The molecule has 2 heterocycles. The number of nitrogens with zero attached hydrogens (tertiary/aromatic N) is 4. The lowest BCUT2D eigenvalue weighted by Crippen LogP contribution is -2.13. The third-order valence-electron chi connectivity index (χ3n) is 4.43. The smallest absolute Gasteiger partial charge is 0.240 e. The molecule has 6 heteroatoms. The number of aromatic nitrogens is 4. The summed E-state index contributed by atoms with van der Waals surface area (Å²) in [7, 11) is 0. The molecular weight excluding hydrogens is 338 g/mol. The summed E-state index contributed by atoms with van der Waals surface area (Å²) in [5.41, 5.74) is 4.52. The second-order valence-corrected chi connectivity index (χ2v) is 7.69. The van der Waals surface area contributed by atoms with E-state index in [0.29, 0.717) is 31.3 Å². The van der Waals surface area contributed by atoms with Gasteiger partial charge in [0, 0.05) is 23.9 Å². The van der Waals surface area contributed by atoms with Crippen LogP contribution in [0.2, 0.25) is 0 Å². The van der Waals surface area contributed by atoms with Crippen molar-refractivity contribution in [2.45, 2.75) is 52.7 Å². The number of nitrogens with one attached hydrogen (secondary N) is 1. The molecule has 0 saturated heterocycles. The van der Waals surface area contributed by atoms with Crippen LogP contribution in [-0.4, -0.2) is 19.9 Å². The molecule has 1 aromatic carbocycles. The van der Waals surface area contributed by atoms with Crippen LogP contribution in [0.1, 0.15) is 43.5 Å². The molecule has 3 aromatic rings. The van der Waals surface area contributed by atoms with E-state index in [1.807, 2.05) is 36.0 Å². The lowest BCUT2D eigenvalue weighted by Gasteiger charge is -2.18. The Morgan fingerprint density at radius 2 is 1.93 bits per heavy atom. The van der Waals surface area contributed by atoms with Crippen molar-refractivity contribution in [3.8, 4) is 11.4 Å². The fourth-order valence-corrected chi connectivity index (χ4v) is 2.83. The van der Waals surface area contributed by atoms with Gasteiger partial charge in [-0.3, -0.25) is 4.68 Å². The molecule has 3 rings (SSSR count). The van der Waals surface area contributed by atoms with E-state index in [1.54, 1.807) is 0 Å². The minimum Gasteiger partial charge on any atom is -0.338 e. The summed E-state index contributed by atoms with van der Waals surface area (Å²) < 4.78 is 7.25. The number of allylic oxidation sites excluding steroid dienone is 1. The van der Waals surface area contributed by atoms with Crippen molar-refractivity contribution in [1.29, 1.82) is 0 Å². The van der Waals surface area contributed by atoms with Gasteiger partial charge in [-0.25, -0.2) is 0 Å². The first-order valence-electron chi connectivity index (χ1n) is 9.15. The molecule has 142 valence electrons. The topological polar surface area (TPSA) is 68.8 Å². The zero-order valence-electron chi connectivity index (χ0n) is 16.5. The van der Waals surface area contributed by atoms with Crippen LogP contribution in [0.3, 0.4) is 0 Å². The third kappa shape index (κ3) is 4.71. The van der Waals surface area contributed by atoms with Gasteiger partial charge in [-0.15, -0.1) is 6.58 Å². The first-order valence-corrected chi connectivity index (χ1v) is 9.15. The molecular formula is C21H27N5O. The van der Waals surface area contributed by atoms with Crippen LogP contribution in [-0.2, 0) is 25.0 Å². The fraction of sp³-hybridized carbons (Fsp3) is 0.381. The van der Waals surface area contributed by atoms with Gasteiger partial charge in [0.15, 0.2) is 0 Å². The number of hydrogen-bond acceptors (Lipinski definition) is 5. The van der Waals surface area contributed by atoms with E-state index < -0.39 is 0 Å². The Kier molecular flexibility index (Phi) is 5.56. The standard InChI is InChI=1S/C21H27N5O/c1-6-11-26-14-17(15(2)24-26)12-22-13-19-23-20(25-27-19)16-7-9-18(10-8-16)21(3,4)5/h6-10,14,22H,1,11-13H2,2-5H3. The maximum Gasteiger partial charge on any atom is 0.240 e. The van der Waals surface area contributed by atoms with E-state index in [-0.39, 0.29) is 5.41 Å². The Bertz CT molecular complexity index is 900.